The summed E-state index contributed by atoms with van der Waals surface area (Å²) in [7, 11) is 0. The molecule has 2 aliphatic carbocycles. The molecular formula is C17H26IN3O3S. The van der Waals surface area contributed by atoms with Crippen LogP contribution in [0, 0.1) is 11.8 Å². The van der Waals surface area contributed by atoms with Gasteiger partial charge >= 0.3 is 0 Å². The number of hydroxylamine groups is 1. The van der Waals surface area contributed by atoms with Crippen LogP contribution >= 0.6 is 33.9 Å². The number of amides is 1. The fraction of sp³-hybridized carbons (Fsp3) is 0.765. The highest BCUT2D eigenvalue weighted by atomic mass is 127. The van der Waals surface area contributed by atoms with Crippen molar-refractivity contribution < 1.29 is 15.0 Å². The van der Waals surface area contributed by atoms with Crippen LogP contribution in [0.25, 0.3) is 0 Å². The van der Waals surface area contributed by atoms with E-state index in [4.69, 9.17) is 5.26 Å². The second kappa shape index (κ2) is 9.07. The number of nitrogens with zero attached hydrogens (tertiary/aromatic N) is 1. The van der Waals surface area contributed by atoms with E-state index in [9.17, 15) is 4.79 Å². The summed E-state index contributed by atoms with van der Waals surface area (Å²) in [6.45, 7) is 2.32. The van der Waals surface area contributed by atoms with Crippen molar-refractivity contribution in [1.29, 1.82) is 0 Å². The average molecular weight is 479 g/mol. The van der Waals surface area contributed by atoms with Crippen LogP contribution in [-0.2, 0) is 9.78 Å². The summed E-state index contributed by atoms with van der Waals surface area (Å²) >= 11 is 3.87. The summed E-state index contributed by atoms with van der Waals surface area (Å²) in [6.07, 6.45) is 7.39. The molecule has 0 bridgehead atoms. The van der Waals surface area contributed by atoms with Gasteiger partial charge in [0.25, 0.3) is 0 Å². The summed E-state index contributed by atoms with van der Waals surface area (Å²) in [4.78, 5) is 21.4. The smallest absolute Gasteiger partial charge is 0.230 e. The van der Waals surface area contributed by atoms with Gasteiger partial charge in [0.2, 0.25) is 5.91 Å². The largest absolute Gasteiger partial charge is 0.302 e. The monoisotopic (exact) mass is 479 g/mol. The van der Waals surface area contributed by atoms with E-state index in [1.165, 1.54) is 37.0 Å². The number of rotatable bonds is 5. The van der Waals surface area contributed by atoms with Gasteiger partial charge in [-0.25, -0.2) is 10.2 Å². The lowest BCUT2D eigenvalue weighted by molar-refractivity contribution is -0.301. The lowest BCUT2D eigenvalue weighted by atomic mass is 9.82. The predicted octanol–water partition coefficient (Wildman–Crippen LogP) is 4.34. The second-order valence-corrected chi connectivity index (χ2v) is 9.82. The molecule has 1 heterocycles. The molecule has 0 spiro atoms. The first-order valence-corrected chi connectivity index (χ1v) is 11.2. The highest BCUT2D eigenvalue weighted by Gasteiger charge is 2.34. The van der Waals surface area contributed by atoms with Gasteiger partial charge in [0.1, 0.15) is 0 Å². The zero-order valence-electron chi connectivity index (χ0n) is 14.4. The number of alkyl halides is 1. The Morgan fingerprint density at radius 2 is 2.08 bits per heavy atom. The van der Waals surface area contributed by atoms with Crippen molar-refractivity contribution in [2.75, 3.05) is 5.32 Å². The molecule has 3 rings (SSSR count). The molecule has 25 heavy (non-hydrogen) atoms. The summed E-state index contributed by atoms with van der Waals surface area (Å²) in [6, 6.07) is 0.00264. The average Bonchev–Trinajstić information content (AvgIpc) is 3.06. The molecule has 3 atom stereocenters. The lowest BCUT2D eigenvalue weighted by Crippen LogP contribution is -2.42. The zero-order valence-corrected chi connectivity index (χ0v) is 17.4. The van der Waals surface area contributed by atoms with Crippen LogP contribution in [0.5, 0.6) is 0 Å². The minimum atomic E-state index is -0.107. The number of hydrogen-bond donors (Lipinski definition) is 3. The van der Waals surface area contributed by atoms with E-state index in [1.807, 2.05) is 0 Å². The maximum atomic E-state index is 12.7. The number of aromatic nitrogens is 1. The van der Waals surface area contributed by atoms with Crippen LogP contribution in [0.2, 0.25) is 0 Å². The summed E-state index contributed by atoms with van der Waals surface area (Å²) in [5.74, 6) is 1.28. The molecule has 2 saturated carbocycles. The molecule has 2 aliphatic rings. The normalized spacial score (nSPS) is 33.2. The van der Waals surface area contributed by atoms with Crippen LogP contribution in [0.3, 0.4) is 0 Å². The Morgan fingerprint density at radius 1 is 1.32 bits per heavy atom. The van der Waals surface area contributed by atoms with E-state index >= 15 is 0 Å². The Kier molecular flexibility index (Phi) is 7.07. The second-order valence-electron chi connectivity index (χ2n) is 7.37. The van der Waals surface area contributed by atoms with Gasteiger partial charge in [-0.05, 0) is 38.0 Å². The standard InChI is InChI=1S/C17H26IN3O3S/c1-10-2-4-11(5-3-10)15-9-25-17(19-15)20-16(22)13-8-12(21-24-23)6-7-14(13)18/h9-14,21,23H,2-8H2,1H3,(H,19,20,22). The Bertz CT molecular complexity index is 577. The van der Waals surface area contributed by atoms with Crippen molar-refractivity contribution in [1.82, 2.24) is 10.5 Å². The van der Waals surface area contributed by atoms with Crippen LogP contribution < -0.4 is 10.8 Å². The topological polar surface area (TPSA) is 83.5 Å². The fourth-order valence-corrected chi connectivity index (χ4v) is 5.65. The third-order valence-electron chi connectivity index (χ3n) is 5.51. The first-order chi connectivity index (χ1) is 12.1. The molecule has 2 fully saturated rings. The van der Waals surface area contributed by atoms with Crippen molar-refractivity contribution in [2.24, 2.45) is 11.8 Å². The molecule has 1 aromatic heterocycles. The van der Waals surface area contributed by atoms with Crippen LogP contribution in [0.15, 0.2) is 5.38 Å². The highest BCUT2D eigenvalue weighted by molar-refractivity contribution is 14.1. The van der Waals surface area contributed by atoms with Crippen molar-refractivity contribution in [3.05, 3.63) is 11.1 Å². The molecule has 8 heteroatoms. The Balaban J connectivity index is 1.57. The van der Waals surface area contributed by atoms with Crippen LogP contribution in [0.4, 0.5) is 5.13 Å². The Hall–Kier alpha value is -0.290. The minimum absolute atomic E-state index is 0.00264. The van der Waals surface area contributed by atoms with Crippen molar-refractivity contribution >= 4 is 45.0 Å². The zero-order chi connectivity index (χ0) is 17.8. The van der Waals surface area contributed by atoms with Gasteiger partial charge in [0, 0.05) is 21.3 Å². The molecule has 0 aromatic carbocycles. The van der Waals surface area contributed by atoms with E-state index in [1.54, 1.807) is 0 Å². The van der Waals surface area contributed by atoms with E-state index < -0.39 is 0 Å². The first kappa shape index (κ1) is 19.5. The summed E-state index contributed by atoms with van der Waals surface area (Å²) in [5.41, 5.74) is 3.70. The quantitative estimate of drug-likeness (QED) is 0.253. The number of anilines is 1. The lowest BCUT2D eigenvalue weighted by Gasteiger charge is -2.31. The van der Waals surface area contributed by atoms with Crippen LogP contribution in [-0.4, -0.2) is 26.1 Å². The van der Waals surface area contributed by atoms with Gasteiger partial charge in [-0.1, -0.05) is 42.4 Å². The SMILES string of the molecule is CC1CCC(c2csc(NC(=O)C3CC(NOO)CCC3I)n2)CC1. The van der Waals surface area contributed by atoms with E-state index in [0.29, 0.717) is 17.5 Å². The molecule has 0 aliphatic heterocycles. The van der Waals surface area contributed by atoms with Crippen molar-refractivity contribution in [3.63, 3.8) is 0 Å². The van der Waals surface area contributed by atoms with Gasteiger partial charge in [-0.15, -0.1) is 16.3 Å². The van der Waals surface area contributed by atoms with E-state index in [0.717, 1.165) is 24.5 Å². The number of thiazole rings is 1. The molecule has 1 amide bonds. The molecule has 1 aromatic rings. The van der Waals surface area contributed by atoms with Gasteiger partial charge < -0.3 is 5.32 Å². The van der Waals surface area contributed by atoms with E-state index in [2.05, 4.69) is 55.7 Å². The molecule has 140 valence electrons. The number of carbonyl (C=O) groups excluding carboxylic acids is 1. The number of halogens is 1. The van der Waals surface area contributed by atoms with E-state index in [-0.39, 0.29) is 21.8 Å². The van der Waals surface area contributed by atoms with Crippen molar-refractivity contribution in [3.8, 4) is 0 Å². The first-order valence-electron chi connectivity index (χ1n) is 9.03. The fourth-order valence-electron chi connectivity index (χ4n) is 3.87. The molecule has 0 radical (unpaired) electrons. The van der Waals surface area contributed by atoms with Gasteiger partial charge in [-0.2, -0.15) is 5.48 Å². The third-order valence-corrected chi connectivity index (χ3v) is 7.78. The predicted molar refractivity (Wildman–Crippen MR) is 107 cm³/mol. The minimum Gasteiger partial charge on any atom is -0.302 e. The number of carbonyl (C=O) groups is 1. The maximum absolute atomic E-state index is 12.7. The number of hydrogen-bond acceptors (Lipinski definition) is 6. The Labute approximate surface area is 166 Å². The summed E-state index contributed by atoms with van der Waals surface area (Å²) in [5, 5.41) is 14.4. The van der Waals surface area contributed by atoms with Crippen LogP contribution in [0.1, 0.15) is 63.5 Å². The molecule has 6 nitrogen and oxygen atoms in total. The molecule has 3 N–H and O–H groups in total. The molecular weight excluding hydrogens is 453 g/mol. The van der Waals surface area contributed by atoms with Gasteiger partial charge in [0.05, 0.1) is 11.6 Å². The van der Waals surface area contributed by atoms with Gasteiger partial charge in [-0.3, -0.25) is 4.79 Å². The van der Waals surface area contributed by atoms with Gasteiger partial charge in [0.15, 0.2) is 5.13 Å². The Morgan fingerprint density at radius 3 is 2.80 bits per heavy atom. The maximum Gasteiger partial charge on any atom is 0.230 e. The third kappa shape index (κ3) is 5.12. The molecule has 0 saturated heterocycles. The van der Waals surface area contributed by atoms with Crippen molar-refractivity contribution in [2.45, 2.75) is 67.8 Å². The molecule has 3 unspecified atom stereocenters. The highest BCUT2D eigenvalue weighted by Crippen LogP contribution is 2.37. The number of nitrogens with one attached hydrogen (secondary N) is 2. The summed E-state index contributed by atoms with van der Waals surface area (Å²) < 4.78 is 0.286.